The molecule has 1 amide bonds. The lowest BCUT2D eigenvalue weighted by atomic mass is 10.1. The van der Waals surface area contributed by atoms with Gasteiger partial charge in [-0.3, -0.25) is 4.79 Å². The first-order valence-electron chi connectivity index (χ1n) is 6.45. The molecule has 0 heterocycles. The van der Waals surface area contributed by atoms with E-state index in [0.29, 0.717) is 31.9 Å². The van der Waals surface area contributed by atoms with Gasteiger partial charge in [-0.1, -0.05) is 6.08 Å². The van der Waals surface area contributed by atoms with Crippen molar-refractivity contribution in [3.05, 3.63) is 42.0 Å². The van der Waals surface area contributed by atoms with E-state index in [1.54, 1.807) is 24.3 Å². The van der Waals surface area contributed by atoms with E-state index in [9.17, 15) is 4.79 Å². The van der Waals surface area contributed by atoms with Crippen molar-refractivity contribution in [1.29, 1.82) is 0 Å². The van der Waals surface area contributed by atoms with Crippen LogP contribution in [0.1, 0.15) is 29.8 Å². The van der Waals surface area contributed by atoms with Crippen LogP contribution in [-0.4, -0.2) is 25.7 Å². The Hall–Kier alpha value is -1.81. The molecule has 104 valence electrons. The Bertz CT molecular complexity index is 429. The summed E-state index contributed by atoms with van der Waals surface area (Å²) in [6.45, 7) is 9.52. The molecule has 0 bridgehead atoms. The average Bonchev–Trinajstić information content (AvgIpc) is 2.43. The Morgan fingerprint density at radius 2 is 2.16 bits per heavy atom. The van der Waals surface area contributed by atoms with Gasteiger partial charge in [-0.15, -0.1) is 6.58 Å². The lowest BCUT2D eigenvalue weighted by Gasteiger charge is -2.12. The van der Waals surface area contributed by atoms with Crippen molar-refractivity contribution in [2.45, 2.75) is 20.5 Å². The first-order chi connectivity index (χ1) is 9.22. The number of carbonyl (C=O) groups excluding carboxylic acids is 1. The first-order valence-corrected chi connectivity index (χ1v) is 6.45. The molecule has 0 aliphatic heterocycles. The van der Waals surface area contributed by atoms with Gasteiger partial charge in [0.15, 0.2) is 0 Å². The van der Waals surface area contributed by atoms with Crippen molar-refractivity contribution in [2.75, 3.05) is 19.8 Å². The summed E-state index contributed by atoms with van der Waals surface area (Å²) in [5.74, 6) is 0.636. The van der Waals surface area contributed by atoms with Gasteiger partial charge in [0.25, 0.3) is 5.91 Å². The monoisotopic (exact) mass is 263 g/mol. The van der Waals surface area contributed by atoms with Crippen LogP contribution >= 0.6 is 0 Å². The standard InChI is InChI=1S/C15H21NO3/c1-4-9-16-15(17)12-7-8-14(19-6-3)13(10-12)11-18-5-2/h4,7-8,10H,1,5-6,9,11H2,2-3H3,(H,16,17). The second kappa shape index (κ2) is 8.32. The number of hydrogen-bond acceptors (Lipinski definition) is 3. The molecule has 1 rings (SSSR count). The fourth-order valence-corrected chi connectivity index (χ4v) is 1.61. The topological polar surface area (TPSA) is 47.6 Å². The second-order valence-electron chi connectivity index (χ2n) is 3.89. The summed E-state index contributed by atoms with van der Waals surface area (Å²) in [5, 5.41) is 2.74. The maximum Gasteiger partial charge on any atom is 0.251 e. The molecule has 0 saturated heterocycles. The van der Waals surface area contributed by atoms with E-state index in [-0.39, 0.29) is 5.91 Å². The number of hydrogen-bond donors (Lipinski definition) is 1. The highest BCUT2D eigenvalue weighted by molar-refractivity contribution is 5.94. The molecule has 1 aromatic carbocycles. The van der Waals surface area contributed by atoms with E-state index < -0.39 is 0 Å². The number of ether oxygens (including phenoxy) is 2. The van der Waals surface area contributed by atoms with Crippen LogP contribution in [0.25, 0.3) is 0 Å². The molecule has 4 heteroatoms. The zero-order chi connectivity index (χ0) is 14.1. The SMILES string of the molecule is C=CCNC(=O)c1ccc(OCC)c(COCC)c1. The lowest BCUT2D eigenvalue weighted by molar-refractivity contribution is 0.0957. The molecule has 0 radical (unpaired) electrons. The molecular weight excluding hydrogens is 242 g/mol. The van der Waals surface area contributed by atoms with Gasteiger partial charge < -0.3 is 14.8 Å². The highest BCUT2D eigenvalue weighted by Crippen LogP contribution is 2.21. The van der Waals surface area contributed by atoms with Crippen LogP contribution in [0.4, 0.5) is 0 Å². The van der Waals surface area contributed by atoms with E-state index in [4.69, 9.17) is 9.47 Å². The molecule has 4 nitrogen and oxygen atoms in total. The summed E-state index contributed by atoms with van der Waals surface area (Å²) in [5.41, 5.74) is 1.48. The molecule has 0 aromatic heterocycles. The van der Waals surface area contributed by atoms with Crippen molar-refractivity contribution in [2.24, 2.45) is 0 Å². The highest BCUT2D eigenvalue weighted by atomic mass is 16.5. The van der Waals surface area contributed by atoms with Crippen LogP contribution in [0, 0.1) is 0 Å². The quantitative estimate of drug-likeness (QED) is 0.733. The van der Waals surface area contributed by atoms with Crippen molar-refractivity contribution in [3.8, 4) is 5.75 Å². The molecular formula is C15H21NO3. The number of nitrogens with one attached hydrogen (secondary N) is 1. The Balaban J connectivity index is 2.89. The number of carbonyl (C=O) groups is 1. The molecule has 0 aliphatic rings. The average molecular weight is 263 g/mol. The minimum absolute atomic E-state index is 0.124. The Morgan fingerprint density at radius 1 is 1.37 bits per heavy atom. The van der Waals surface area contributed by atoms with Gasteiger partial charge in [0.1, 0.15) is 5.75 Å². The number of rotatable bonds is 8. The summed E-state index contributed by atoms with van der Waals surface area (Å²) in [6.07, 6.45) is 1.65. The van der Waals surface area contributed by atoms with Gasteiger partial charge >= 0.3 is 0 Å². The van der Waals surface area contributed by atoms with Gasteiger partial charge in [-0.05, 0) is 32.0 Å². The van der Waals surface area contributed by atoms with Crippen LogP contribution in [0.5, 0.6) is 5.75 Å². The Labute approximate surface area is 114 Å². The molecule has 0 aliphatic carbocycles. The summed E-state index contributed by atoms with van der Waals surface area (Å²) >= 11 is 0. The molecule has 0 unspecified atom stereocenters. The third-order valence-corrected chi connectivity index (χ3v) is 2.49. The van der Waals surface area contributed by atoms with E-state index >= 15 is 0 Å². The predicted octanol–water partition coefficient (Wildman–Crippen LogP) is 2.54. The summed E-state index contributed by atoms with van der Waals surface area (Å²) in [4.78, 5) is 11.9. The maximum atomic E-state index is 11.9. The Kier molecular flexibility index (Phi) is 6.68. The van der Waals surface area contributed by atoms with Crippen molar-refractivity contribution < 1.29 is 14.3 Å². The van der Waals surface area contributed by atoms with Crippen LogP contribution in [-0.2, 0) is 11.3 Å². The number of benzene rings is 1. The Morgan fingerprint density at radius 3 is 2.79 bits per heavy atom. The fourth-order valence-electron chi connectivity index (χ4n) is 1.61. The normalized spacial score (nSPS) is 10.0. The molecule has 0 fully saturated rings. The summed E-state index contributed by atoms with van der Waals surface area (Å²) in [7, 11) is 0. The van der Waals surface area contributed by atoms with Crippen molar-refractivity contribution >= 4 is 5.91 Å². The van der Waals surface area contributed by atoms with Crippen LogP contribution in [0.3, 0.4) is 0 Å². The van der Waals surface area contributed by atoms with Crippen molar-refractivity contribution in [3.63, 3.8) is 0 Å². The smallest absolute Gasteiger partial charge is 0.251 e. The van der Waals surface area contributed by atoms with Gasteiger partial charge in [-0.25, -0.2) is 0 Å². The van der Waals surface area contributed by atoms with Crippen LogP contribution < -0.4 is 10.1 Å². The van der Waals surface area contributed by atoms with E-state index in [1.807, 2.05) is 13.8 Å². The highest BCUT2D eigenvalue weighted by Gasteiger charge is 2.10. The molecule has 1 N–H and O–H groups in total. The summed E-state index contributed by atoms with van der Waals surface area (Å²) < 4.78 is 10.9. The molecule has 0 atom stereocenters. The van der Waals surface area contributed by atoms with Crippen LogP contribution in [0.2, 0.25) is 0 Å². The van der Waals surface area contributed by atoms with E-state index in [0.717, 1.165) is 11.3 Å². The van der Waals surface area contributed by atoms with Crippen LogP contribution in [0.15, 0.2) is 30.9 Å². The maximum absolute atomic E-state index is 11.9. The van der Waals surface area contributed by atoms with Gasteiger partial charge in [-0.2, -0.15) is 0 Å². The zero-order valence-electron chi connectivity index (χ0n) is 11.6. The molecule has 1 aromatic rings. The lowest BCUT2D eigenvalue weighted by Crippen LogP contribution is -2.23. The number of amides is 1. The fraction of sp³-hybridized carbons (Fsp3) is 0.400. The third-order valence-electron chi connectivity index (χ3n) is 2.49. The van der Waals surface area contributed by atoms with E-state index in [1.165, 1.54) is 0 Å². The zero-order valence-corrected chi connectivity index (χ0v) is 11.6. The minimum atomic E-state index is -0.124. The van der Waals surface area contributed by atoms with Gasteiger partial charge in [0.2, 0.25) is 0 Å². The van der Waals surface area contributed by atoms with E-state index in [2.05, 4.69) is 11.9 Å². The largest absolute Gasteiger partial charge is 0.494 e. The van der Waals surface area contributed by atoms with Gasteiger partial charge in [0, 0.05) is 24.3 Å². The molecule has 0 spiro atoms. The minimum Gasteiger partial charge on any atom is -0.494 e. The molecule has 19 heavy (non-hydrogen) atoms. The molecule has 0 saturated carbocycles. The first kappa shape index (κ1) is 15.2. The van der Waals surface area contributed by atoms with Gasteiger partial charge in [0.05, 0.1) is 13.2 Å². The second-order valence-corrected chi connectivity index (χ2v) is 3.89. The van der Waals surface area contributed by atoms with Crippen molar-refractivity contribution in [1.82, 2.24) is 5.32 Å². The summed E-state index contributed by atoms with van der Waals surface area (Å²) in [6, 6.07) is 5.36. The predicted molar refractivity (Wildman–Crippen MR) is 75.5 cm³/mol. The third kappa shape index (κ3) is 4.75.